The van der Waals surface area contributed by atoms with Gasteiger partial charge in [0, 0.05) is 5.75 Å². The molecule has 0 aliphatic heterocycles. The topological polar surface area (TPSA) is 115 Å². The molecule has 0 saturated heterocycles. The Labute approximate surface area is 69.8 Å². The summed E-state index contributed by atoms with van der Waals surface area (Å²) in [5, 5.41) is 0. The van der Waals surface area contributed by atoms with Crippen LogP contribution in [0.1, 0.15) is 0 Å². The zero-order valence-electron chi connectivity index (χ0n) is 5.41. The van der Waals surface area contributed by atoms with Gasteiger partial charge in [0.1, 0.15) is 0 Å². The summed E-state index contributed by atoms with van der Waals surface area (Å²) in [6.07, 6.45) is -0.129. The molecule has 0 radical (unpaired) electrons. The molecule has 0 fully saturated rings. The van der Waals surface area contributed by atoms with Crippen LogP contribution < -0.4 is 0 Å². The highest BCUT2D eigenvalue weighted by Gasteiger charge is 2.08. The lowest BCUT2D eigenvalue weighted by molar-refractivity contribution is 0.375. The van der Waals surface area contributed by atoms with Gasteiger partial charge in [0.05, 0.1) is 6.16 Å². The Morgan fingerprint density at radius 2 is 1.64 bits per heavy atom. The van der Waals surface area contributed by atoms with Crippen LogP contribution >= 0.6 is 28.5 Å². The van der Waals surface area contributed by atoms with E-state index in [0.717, 1.165) is 0 Å². The van der Waals surface area contributed by atoms with Gasteiger partial charge in [-0.3, -0.25) is 9.13 Å². The molecule has 9 heteroatoms. The van der Waals surface area contributed by atoms with Crippen LogP contribution in [0.2, 0.25) is 0 Å². The molecule has 0 saturated carbocycles. The lowest BCUT2D eigenvalue weighted by Gasteiger charge is -1.96. The van der Waals surface area contributed by atoms with Gasteiger partial charge in [-0.1, -0.05) is 0 Å². The van der Waals surface area contributed by atoms with Gasteiger partial charge in [-0.05, 0) is 0 Å². The summed E-state index contributed by atoms with van der Waals surface area (Å²) in [6.45, 7) is 0. The highest BCUT2D eigenvalue weighted by atomic mass is 32.1. The summed E-state index contributed by atoms with van der Waals surface area (Å²) in [6, 6.07) is 0. The molecular weight excluding hydrogens is 214 g/mol. The van der Waals surface area contributed by atoms with Crippen LogP contribution in [-0.2, 0) is 9.13 Å². The zero-order chi connectivity index (χ0) is 9.49. The average Bonchev–Trinajstić information content (AvgIpc) is 1.58. The first-order valence-corrected chi connectivity index (χ1v) is 6.10. The van der Waals surface area contributed by atoms with Crippen molar-refractivity contribution in [2.75, 3.05) is 11.9 Å². The average molecular weight is 224 g/mol. The third-order valence-corrected chi connectivity index (χ3v) is 1.77. The van der Waals surface area contributed by atoms with Gasteiger partial charge in [-0.15, -0.1) is 0 Å². The second kappa shape index (κ2) is 7.31. The third-order valence-electron chi connectivity index (χ3n) is 0.391. The van der Waals surface area contributed by atoms with Crippen LogP contribution in [0.5, 0.6) is 0 Å². The van der Waals surface area contributed by atoms with Crippen molar-refractivity contribution in [1.82, 2.24) is 0 Å². The van der Waals surface area contributed by atoms with Gasteiger partial charge in [-0.25, -0.2) is 0 Å². The van der Waals surface area contributed by atoms with Crippen molar-refractivity contribution in [2.45, 2.75) is 0 Å². The predicted octanol–water partition coefficient (Wildman–Crippen LogP) is -0.545. The van der Waals surface area contributed by atoms with Crippen LogP contribution in [0.15, 0.2) is 0 Å². The quantitative estimate of drug-likeness (QED) is 0.317. The maximum atomic E-state index is 9.88. The molecule has 0 aliphatic carbocycles. The molecule has 0 aliphatic rings. The normalized spacial score (nSPS) is 10.7. The fraction of sp³-hybridized carbons (Fsp3) is 1.00. The molecule has 4 N–H and O–H groups in total. The van der Waals surface area contributed by atoms with Crippen molar-refractivity contribution >= 4 is 28.5 Å². The molecule has 70 valence electrons. The van der Waals surface area contributed by atoms with Crippen LogP contribution in [0.25, 0.3) is 0 Å². The van der Waals surface area contributed by atoms with E-state index in [1.165, 1.54) is 0 Å². The van der Waals surface area contributed by atoms with Crippen LogP contribution in [0, 0.1) is 0 Å². The van der Waals surface area contributed by atoms with E-state index >= 15 is 0 Å². The predicted molar refractivity (Wildman–Crippen MR) is 44.2 cm³/mol. The number of rotatable bonds is 2. The molecule has 0 amide bonds. The van der Waals surface area contributed by atoms with E-state index in [9.17, 15) is 4.57 Å². The fourth-order valence-electron chi connectivity index (χ4n) is 0.130. The van der Waals surface area contributed by atoms with Gasteiger partial charge in [0.2, 0.25) is 0 Å². The van der Waals surface area contributed by atoms with Gasteiger partial charge in [0.25, 0.3) is 0 Å². The van der Waals surface area contributed by atoms with Crippen LogP contribution in [0.3, 0.4) is 0 Å². The summed E-state index contributed by atoms with van der Waals surface area (Å²) < 4.78 is 18.6. The first-order valence-electron chi connectivity index (χ1n) is 2.37. The van der Waals surface area contributed by atoms with Gasteiger partial charge in [-0.2, -0.15) is 12.6 Å². The lowest BCUT2D eigenvalue weighted by Crippen LogP contribution is -1.86. The first kappa shape index (κ1) is 14.2. The van der Waals surface area contributed by atoms with Crippen molar-refractivity contribution in [3.05, 3.63) is 0 Å². The summed E-state index contributed by atoms with van der Waals surface area (Å²) in [5.41, 5.74) is 0. The molecule has 0 aromatic heterocycles. The van der Waals surface area contributed by atoms with Crippen LogP contribution in [-0.4, -0.2) is 31.5 Å². The highest BCUT2D eigenvalue weighted by molar-refractivity contribution is 7.80. The Balaban J connectivity index is 0. The Hall–Kier alpha value is 0.650. The molecule has 6 nitrogen and oxygen atoms in total. The maximum Gasteiger partial charge on any atom is 0.326 e. The van der Waals surface area contributed by atoms with Gasteiger partial charge < -0.3 is 19.6 Å². The molecule has 0 bridgehead atoms. The second-order valence-corrected chi connectivity index (χ2v) is 4.18. The summed E-state index contributed by atoms with van der Waals surface area (Å²) in [7, 11) is -6.87. The Morgan fingerprint density at radius 3 is 1.64 bits per heavy atom. The largest absolute Gasteiger partial charge is 0.326 e. The molecule has 0 unspecified atom stereocenters. The second-order valence-electron chi connectivity index (χ2n) is 1.39. The summed E-state index contributed by atoms with van der Waals surface area (Å²) in [5.74, 6) is 0.240. The van der Waals surface area contributed by atoms with E-state index in [-0.39, 0.29) is 11.9 Å². The molecule has 0 spiro atoms. The number of hydrogen-bond acceptors (Lipinski definition) is 3. The van der Waals surface area contributed by atoms with Crippen molar-refractivity contribution in [2.24, 2.45) is 0 Å². The van der Waals surface area contributed by atoms with E-state index in [1.54, 1.807) is 0 Å². The smallest absolute Gasteiger partial charge is 0.326 e. The molecule has 0 atom stereocenters. The molecule has 0 aromatic carbocycles. The van der Waals surface area contributed by atoms with Gasteiger partial charge >= 0.3 is 15.9 Å². The third kappa shape index (κ3) is 36.9. The summed E-state index contributed by atoms with van der Waals surface area (Å²) >= 11 is 3.62. The first-order chi connectivity index (χ1) is 4.79. The Bertz CT molecular complexity index is 149. The lowest BCUT2D eigenvalue weighted by atomic mass is 11.0. The minimum atomic E-state index is -3.74. The number of thiol groups is 1. The van der Waals surface area contributed by atoms with E-state index in [1.807, 2.05) is 0 Å². The molecule has 0 rings (SSSR count). The monoisotopic (exact) mass is 224 g/mol. The summed E-state index contributed by atoms with van der Waals surface area (Å²) in [4.78, 5) is 30.5. The van der Waals surface area contributed by atoms with E-state index < -0.39 is 15.9 Å². The Morgan fingerprint density at radius 1 is 1.36 bits per heavy atom. The molecule has 0 heterocycles. The molecular formula is C2H10O6P2S. The fourth-order valence-corrected chi connectivity index (χ4v) is 1.17. The van der Waals surface area contributed by atoms with Crippen LogP contribution in [0.4, 0.5) is 0 Å². The Kier molecular flexibility index (Phi) is 9.43. The van der Waals surface area contributed by atoms with E-state index in [2.05, 4.69) is 12.6 Å². The minimum Gasteiger partial charge on any atom is -0.326 e. The molecule has 0 aromatic rings. The van der Waals surface area contributed by atoms with Crippen molar-refractivity contribution in [3.63, 3.8) is 0 Å². The minimum absolute atomic E-state index is 0.129. The number of hydrogen-bond donors (Lipinski definition) is 5. The van der Waals surface area contributed by atoms with E-state index in [4.69, 9.17) is 24.1 Å². The van der Waals surface area contributed by atoms with Crippen molar-refractivity contribution in [1.29, 1.82) is 0 Å². The zero-order valence-corrected chi connectivity index (χ0v) is 8.20. The van der Waals surface area contributed by atoms with Crippen molar-refractivity contribution in [3.8, 4) is 0 Å². The van der Waals surface area contributed by atoms with Crippen molar-refractivity contribution < 1.29 is 28.7 Å². The maximum absolute atomic E-state index is 9.88. The molecule has 11 heavy (non-hydrogen) atoms. The van der Waals surface area contributed by atoms with Gasteiger partial charge in [0.15, 0.2) is 0 Å². The van der Waals surface area contributed by atoms with E-state index in [0.29, 0.717) is 0 Å². The standard InChI is InChI=1S/C2H7O3PS.H3O3P/c3-6(4,5)1-2-7;1-4(2)3/h7H,1-2H2,(H2,3,4,5);4H,(H2,1,2,3). The SMILES string of the molecule is O=P(O)(O)CCS.O=[PH](O)O. The highest BCUT2D eigenvalue weighted by Crippen LogP contribution is 2.33.